The lowest BCUT2D eigenvalue weighted by atomic mass is 10.3. The predicted octanol–water partition coefficient (Wildman–Crippen LogP) is 1.48. The summed E-state index contributed by atoms with van der Waals surface area (Å²) in [5.74, 6) is 0. The van der Waals surface area contributed by atoms with Crippen LogP contribution in [0.25, 0.3) is 0 Å². The topological polar surface area (TPSA) is 61.4 Å². The van der Waals surface area contributed by atoms with Crippen molar-refractivity contribution in [2.45, 2.75) is 37.6 Å². The Morgan fingerprint density at radius 1 is 1.40 bits per heavy atom. The van der Waals surface area contributed by atoms with E-state index < -0.39 is 10.0 Å². The lowest BCUT2D eigenvalue weighted by Crippen LogP contribution is -2.32. The summed E-state index contributed by atoms with van der Waals surface area (Å²) in [6.45, 7) is 8.93. The van der Waals surface area contributed by atoms with Gasteiger partial charge in [0.2, 0.25) is 10.0 Å². The molecule has 5 nitrogen and oxygen atoms in total. The highest BCUT2D eigenvalue weighted by Crippen LogP contribution is 2.20. The average molecular weight is 319 g/mol. The number of thiophene rings is 1. The van der Waals surface area contributed by atoms with E-state index >= 15 is 0 Å². The Labute approximate surface area is 126 Å². The van der Waals surface area contributed by atoms with Crippen LogP contribution in [-0.2, 0) is 16.6 Å². The molecule has 1 aromatic rings. The highest BCUT2D eigenvalue weighted by molar-refractivity contribution is 7.91. The fourth-order valence-electron chi connectivity index (χ4n) is 1.51. The van der Waals surface area contributed by atoms with Gasteiger partial charge in [-0.2, -0.15) is 0 Å². The molecule has 7 heteroatoms. The summed E-state index contributed by atoms with van der Waals surface area (Å²) in [6, 6.07) is 2.13. The molecular weight excluding hydrogens is 294 g/mol. The maximum atomic E-state index is 12.1. The molecule has 0 aliphatic heterocycles. The SMILES string of the molecule is CCN(C)CCNS(=O)(=O)c1cc(CNC(C)C)cs1. The maximum absolute atomic E-state index is 12.1. The van der Waals surface area contributed by atoms with Crippen LogP contribution in [0.15, 0.2) is 15.7 Å². The zero-order valence-corrected chi connectivity index (χ0v) is 14.3. The molecule has 0 aromatic carbocycles. The molecule has 0 saturated heterocycles. The van der Waals surface area contributed by atoms with Gasteiger partial charge in [-0.15, -0.1) is 11.3 Å². The lowest BCUT2D eigenvalue weighted by Gasteiger charge is -2.13. The fourth-order valence-corrected chi connectivity index (χ4v) is 3.78. The number of rotatable bonds is 9. The number of nitrogens with one attached hydrogen (secondary N) is 2. The van der Waals surface area contributed by atoms with Crippen LogP contribution in [0.4, 0.5) is 0 Å². The zero-order valence-electron chi connectivity index (χ0n) is 12.6. The molecule has 0 radical (unpaired) electrons. The van der Waals surface area contributed by atoms with E-state index in [0.29, 0.717) is 29.9 Å². The molecular formula is C13H25N3O2S2. The molecule has 0 aliphatic rings. The summed E-state index contributed by atoms with van der Waals surface area (Å²) in [7, 11) is -1.40. The van der Waals surface area contributed by atoms with E-state index in [-0.39, 0.29) is 0 Å². The Balaban J connectivity index is 2.55. The Kier molecular flexibility index (Phi) is 7.11. The molecule has 0 saturated carbocycles. The third-order valence-electron chi connectivity index (χ3n) is 2.93. The largest absolute Gasteiger partial charge is 0.310 e. The first kappa shape index (κ1) is 17.6. The molecule has 1 rings (SSSR count). The monoisotopic (exact) mass is 319 g/mol. The van der Waals surface area contributed by atoms with Crippen molar-refractivity contribution >= 4 is 21.4 Å². The molecule has 0 bridgehead atoms. The average Bonchev–Trinajstić information content (AvgIpc) is 2.85. The Morgan fingerprint density at radius 3 is 2.70 bits per heavy atom. The summed E-state index contributed by atoms with van der Waals surface area (Å²) < 4.78 is 27.3. The summed E-state index contributed by atoms with van der Waals surface area (Å²) in [5, 5.41) is 5.17. The van der Waals surface area contributed by atoms with E-state index in [1.165, 1.54) is 11.3 Å². The van der Waals surface area contributed by atoms with E-state index in [4.69, 9.17) is 0 Å². The number of sulfonamides is 1. The van der Waals surface area contributed by atoms with Gasteiger partial charge in [-0.1, -0.05) is 20.8 Å². The molecule has 0 fully saturated rings. The quantitative estimate of drug-likeness (QED) is 0.724. The second-order valence-electron chi connectivity index (χ2n) is 5.10. The molecule has 0 atom stereocenters. The van der Waals surface area contributed by atoms with Crippen molar-refractivity contribution < 1.29 is 8.42 Å². The zero-order chi connectivity index (χ0) is 15.2. The minimum absolute atomic E-state index is 0.386. The Morgan fingerprint density at radius 2 is 2.10 bits per heavy atom. The van der Waals surface area contributed by atoms with Crippen LogP contribution >= 0.6 is 11.3 Å². The van der Waals surface area contributed by atoms with Gasteiger partial charge >= 0.3 is 0 Å². The summed E-state index contributed by atoms with van der Waals surface area (Å²) in [6.07, 6.45) is 0. The number of hydrogen-bond acceptors (Lipinski definition) is 5. The number of hydrogen-bond donors (Lipinski definition) is 2. The third-order valence-corrected chi connectivity index (χ3v) is 5.88. The minimum Gasteiger partial charge on any atom is -0.310 e. The molecule has 116 valence electrons. The summed E-state index contributed by atoms with van der Waals surface area (Å²) in [5.41, 5.74) is 1.01. The normalized spacial score (nSPS) is 12.5. The third kappa shape index (κ3) is 5.88. The van der Waals surface area contributed by atoms with Gasteiger partial charge in [0.05, 0.1) is 0 Å². The van der Waals surface area contributed by atoms with Gasteiger partial charge < -0.3 is 10.2 Å². The molecule has 1 heterocycles. The van der Waals surface area contributed by atoms with Crippen LogP contribution in [0.5, 0.6) is 0 Å². The van der Waals surface area contributed by atoms with Gasteiger partial charge in [-0.3, -0.25) is 0 Å². The first-order valence-electron chi connectivity index (χ1n) is 6.84. The predicted molar refractivity (Wildman–Crippen MR) is 84.7 cm³/mol. The van der Waals surface area contributed by atoms with Crippen molar-refractivity contribution in [1.82, 2.24) is 14.9 Å². The molecule has 0 unspecified atom stereocenters. The van der Waals surface area contributed by atoms with Crippen LogP contribution in [0.3, 0.4) is 0 Å². The lowest BCUT2D eigenvalue weighted by molar-refractivity contribution is 0.358. The maximum Gasteiger partial charge on any atom is 0.250 e. The van der Waals surface area contributed by atoms with Crippen molar-refractivity contribution in [3.63, 3.8) is 0 Å². The molecule has 1 aromatic heterocycles. The standard InChI is InChI=1S/C13H25N3O2S2/c1-5-16(4)7-6-15-20(17,18)13-8-12(10-19-13)9-14-11(2)3/h8,10-11,14-15H,5-7,9H2,1-4H3. The summed E-state index contributed by atoms with van der Waals surface area (Å²) >= 11 is 1.27. The molecule has 0 amide bonds. The van der Waals surface area contributed by atoms with Gasteiger partial charge in [-0.05, 0) is 30.6 Å². The van der Waals surface area contributed by atoms with E-state index in [1.807, 2.05) is 19.4 Å². The van der Waals surface area contributed by atoms with Crippen LogP contribution < -0.4 is 10.0 Å². The second-order valence-corrected chi connectivity index (χ2v) is 8.01. The van der Waals surface area contributed by atoms with Gasteiger partial charge in [0.25, 0.3) is 0 Å². The van der Waals surface area contributed by atoms with Crippen molar-refractivity contribution in [2.75, 3.05) is 26.7 Å². The van der Waals surface area contributed by atoms with E-state index in [1.54, 1.807) is 6.07 Å². The van der Waals surface area contributed by atoms with E-state index in [9.17, 15) is 8.42 Å². The molecule has 20 heavy (non-hydrogen) atoms. The van der Waals surface area contributed by atoms with Crippen LogP contribution in [0.2, 0.25) is 0 Å². The van der Waals surface area contributed by atoms with Gasteiger partial charge in [0.1, 0.15) is 4.21 Å². The number of nitrogens with zero attached hydrogens (tertiary/aromatic N) is 1. The first-order chi connectivity index (χ1) is 9.35. The fraction of sp³-hybridized carbons (Fsp3) is 0.692. The van der Waals surface area contributed by atoms with Gasteiger partial charge in [-0.25, -0.2) is 13.1 Å². The minimum atomic E-state index is -3.37. The molecule has 0 spiro atoms. The highest BCUT2D eigenvalue weighted by Gasteiger charge is 2.16. The smallest absolute Gasteiger partial charge is 0.250 e. The van der Waals surface area contributed by atoms with Crippen LogP contribution in [0.1, 0.15) is 26.3 Å². The van der Waals surface area contributed by atoms with Crippen molar-refractivity contribution in [3.05, 3.63) is 17.0 Å². The Bertz CT molecular complexity index is 497. The second kappa shape index (κ2) is 8.09. The van der Waals surface area contributed by atoms with Crippen molar-refractivity contribution in [3.8, 4) is 0 Å². The van der Waals surface area contributed by atoms with E-state index in [2.05, 4.69) is 28.8 Å². The summed E-state index contributed by atoms with van der Waals surface area (Å²) in [4.78, 5) is 2.06. The molecule has 2 N–H and O–H groups in total. The number of likely N-dealkylation sites (N-methyl/N-ethyl adjacent to an activating group) is 1. The van der Waals surface area contributed by atoms with Crippen LogP contribution in [-0.4, -0.2) is 46.0 Å². The molecule has 0 aliphatic carbocycles. The van der Waals surface area contributed by atoms with E-state index in [0.717, 1.165) is 12.1 Å². The van der Waals surface area contributed by atoms with Crippen molar-refractivity contribution in [2.24, 2.45) is 0 Å². The van der Waals surface area contributed by atoms with Gasteiger partial charge in [0, 0.05) is 25.7 Å². The van der Waals surface area contributed by atoms with Crippen LogP contribution in [0, 0.1) is 0 Å². The van der Waals surface area contributed by atoms with Gasteiger partial charge in [0.15, 0.2) is 0 Å². The Hall–Kier alpha value is -0.470. The first-order valence-corrected chi connectivity index (χ1v) is 9.20. The highest BCUT2D eigenvalue weighted by atomic mass is 32.2. The van der Waals surface area contributed by atoms with Crippen molar-refractivity contribution in [1.29, 1.82) is 0 Å².